The lowest BCUT2D eigenvalue weighted by Gasteiger charge is -2.33. The minimum absolute atomic E-state index is 0.0364. The van der Waals surface area contributed by atoms with Crippen LogP contribution in [0.25, 0.3) is 22.3 Å². The number of likely N-dealkylation sites (tertiary alicyclic amines) is 2. The van der Waals surface area contributed by atoms with Crippen LogP contribution in [0.4, 0.5) is 4.39 Å². The van der Waals surface area contributed by atoms with E-state index in [1.807, 2.05) is 11.8 Å². The molecule has 0 radical (unpaired) electrons. The van der Waals surface area contributed by atoms with E-state index in [1.54, 1.807) is 12.1 Å². The van der Waals surface area contributed by atoms with E-state index >= 15 is 0 Å². The number of hydrogen-bond donors (Lipinski definition) is 2. The van der Waals surface area contributed by atoms with E-state index in [4.69, 9.17) is 0 Å². The van der Waals surface area contributed by atoms with Crippen molar-refractivity contribution >= 4 is 16.9 Å². The molecular formula is C21H22FN5O2. The van der Waals surface area contributed by atoms with E-state index in [0.29, 0.717) is 33.9 Å². The summed E-state index contributed by atoms with van der Waals surface area (Å²) in [5, 5.41) is 17.3. The van der Waals surface area contributed by atoms with Crippen LogP contribution in [-0.2, 0) is 0 Å². The molecule has 29 heavy (non-hydrogen) atoms. The lowest BCUT2D eigenvalue weighted by molar-refractivity contribution is 0.0632. The molecule has 2 bridgehead atoms. The summed E-state index contributed by atoms with van der Waals surface area (Å²) in [5.41, 5.74) is 2.67. The monoisotopic (exact) mass is 395 g/mol. The van der Waals surface area contributed by atoms with Crippen LogP contribution in [0.15, 0.2) is 24.3 Å². The van der Waals surface area contributed by atoms with Crippen molar-refractivity contribution < 1.29 is 14.3 Å². The number of hydrogen-bond acceptors (Lipinski definition) is 5. The Labute approximate surface area is 167 Å². The number of nitrogens with zero attached hydrogens (tertiary/aromatic N) is 4. The number of carbonyl (C=O) groups excluding carboxylic acids is 1. The highest BCUT2D eigenvalue weighted by molar-refractivity contribution is 6.07. The van der Waals surface area contributed by atoms with Crippen molar-refractivity contribution in [3.63, 3.8) is 0 Å². The summed E-state index contributed by atoms with van der Waals surface area (Å²) in [6, 6.07) is 6.43. The number of H-pyrrole nitrogens is 1. The molecule has 0 aliphatic carbocycles. The number of nitrogens with one attached hydrogen (secondary N) is 1. The number of aromatic amines is 1. The lowest BCUT2D eigenvalue weighted by atomic mass is 10.0. The van der Waals surface area contributed by atoms with Gasteiger partial charge in [0.15, 0.2) is 17.2 Å². The number of amides is 1. The number of piperazine rings is 1. The Morgan fingerprint density at radius 2 is 2.14 bits per heavy atom. The molecule has 2 atom stereocenters. The second-order valence-electron chi connectivity index (χ2n) is 7.86. The van der Waals surface area contributed by atoms with E-state index in [9.17, 15) is 14.3 Å². The molecule has 2 fully saturated rings. The van der Waals surface area contributed by atoms with E-state index in [1.165, 1.54) is 12.1 Å². The van der Waals surface area contributed by atoms with Gasteiger partial charge in [-0.3, -0.25) is 14.8 Å². The summed E-state index contributed by atoms with van der Waals surface area (Å²) in [6.45, 7) is 6.64. The number of aryl methyl sites for hydroxylation is 1. The Kier molecular flexibility index (Phi) is 4.06. The third-order valence-corrected chi connectivity index (χ3v) is 6.20. The first-order chi connectivity index (χ1) is 14.0. The maximum absolute atomic E-state index is 13.9. The summed E-state index contributed by atoms with van der Waals surface area (Å²) in [6.07, 6.45) is 1.01. The minimum atomic E-state index is -0.730. The first-order valence-electron chi connectivity index (χ1n) is 9.86. The third kappa shape index (κ3) is 2.78. The van der Waals surface area contributed by atoms with Gasteiger partial charge in [-0.05, 0) is 44.2 Å². The molecule has 1 amide bonds. The van der Waals surface area contributed by atoms with Gasteiger partial charge in [0.1, 0.15) is 0 Å². The molecule has 2 N–H and O–H groups in total. The van der Waals surface area contributed by atoms with Crippen molar-refractivity contribution in [2.45, 2.75) is 32.4 Å². The molecule has 2 aliphatic heterocycles. The zero-order valence-electron chi connectivity index (χ0n) is 16.3. The summed E-state index contributed by atoms with van der Waals surface area (Å²) >= 11 is 0. The van der Waals surface area contributed by atoms with Gasteiger partial charge in [0.2, 0.25) is 0 Å². The number of halogens is 1. The van der Waals surface area contributed by atoms with Gasteiger partial charge < -0.3 is 10.0 Å². The van der Waals surface area contributed by atoms with E-state index < -0.39 is 11.6 Å². The summed E-state index contributed by atoms with van der Waals surface area (Å²) in [4.78, 5) is 22.4. The topological polar surface area (TPSA) is 85.3 Å². The Morgan fingerprint density at radius 3 is 2.83 bits per heavy atom. The van der Waals surface area contributed by atoms with E-state index in [2.05, 4.69) is 27.0 Å². The number of rotatable bonds is 3. The molecule has 7 nitrogen and oxygen atoms in total. The molecule has 0 saturated carbocycles. The number of pyridine rings is 1. The highest BCUT2D eigenvalue weighted by atomic mass is 19.1. The average Bonchev–Trinajstić information content (AvgIpc) is 3.43. The van der Waals surface area contributed by atoms with Gasteiger partial charge in [-0.25, -0.2) is 9.37 Å². The van der Waals surface area contributed by atoms with E-state index in [0.717, 1.165) is 31.7 Å². The largest absolute Gasteiger partial charge is 0.505 e. The summed E-state index contributed by atoms with van der Waals surface area (Å²) < 4.78 is 13.9. The maximum Gasteiger partial charge on any atom is 0.255 e. The number of fused-ring (bicyclic) bond motifs is 3. The molecule has 8 heteroatoms. The fourth-order valence-electron chi connectivity index (χ4n) is 4.70. The SMILES string of the molecule is CCN1CC2CC1CN2C(=O)c1cc(-c2ccc(O)c(F)c2)nc2n[nH]c(C)c12. The fraction of sp³-hybridized carbons (Fsp3) is 0.381. The van der Waals surface area contributed by atoms with Crippen LogP contribution in [0, 0.1) is 12.7 Å². The fourth-order valence-corrected chi connectivity index (χ4v) is 4.70. The summed E-state index contributed by atoms with van der Waals surface area (Å²) in [7, 11) is 0. The predicted molar refractivity (Wildman–Crippen MR) is 106 cm³/mol. The third-order valence-electron chi connectivity index (χ3n) is 6.20. The average molecular weight is 395 g/mol. The normalized spacial score (nSPS) is 21.4. The Balaban J connectivity index is 1.58. The molecule has 5 rings (SSSR count). The summed E-state index contributed by atoms with van der Waals surface area (Å²) in [5.74, 6) is -1.19. The van der Waals surface area contributed by atoms with Crippen LogP contribution in [0.1, 0.15) is 29.4 Å². The van der Waals surface area contributed by atoms with E-state index in [-0.39, 0.29) is 11.9 Å². The van der Waals surface area contributed by atoms with Crippen molar-refractivity contribution in [1.29, 1.82) is 0 Å². The van der Waals surface area contributed by atoms with Gasteiger partial charge >= 0.3 is 0 Å². The molecular weight excluding hydrogens is 373 g/mol. The van der Waals surface area contributed by atoms with Crippen molar-refractivity contribution in [3.05, 3.63) is 41.3 Å². The van der Waals surface area contributed by atoms with Crippen molar-refractivity contribution in [2.24, 2.45) is 0 Å². The van der Waals surface area contributed by atoms with Crippen LogP contribution in [0.2, 0.25) is 0 Å². The Bertz CT molecular complexity index is 1130. The van der Waals surface area contributed by atoms with Crippen LogP contribution in [-0.4, -0.2) is 67.7 Å². The number of phenolic OH excluding ortho intramolecular Hbond substituents is 1. The highest BCUT2D eigenvalue weighted by Crippen LogP contribution is 2.34. The number of aromatic hydroxyl groups is 1. The van der Waals surface area contributed by atoms with Crippen LogP contribution < -0.4 is 0 Å². The Hall–Kier alpha value is -3.00. The zero-order valence-corrected chi connectivity index (χ0v) is 16.3. The lowest BCUT2D eigenvalue weighted by Crippen LogP contribution is -2.48. The molecule has 150 valence electrons. The molecule has 2 aliphatic rings. The molecule has 2 saturated heterocycles. The second-order valence-corrected chi connectivity index (χ2v) is 7.86. The van der Waals surface area contributed by atoms with Gasteiger partial charge in [-0.15, -0.1) is 0 Å². The minimum Gasteiger partial charge on any atom is -0.505 e. The number of carbonyl (C=O) groups is 1. The quantitative estimate of drug-likeness (QED) is 0.712. The molecule has 1 aromatic carbocycles. The van der Waals surface area contributed by atoms with Crippen molar-refractivity contribution in [3.8, 4) is 17.0 Å². The smallest absolute Gasteiger partial charge is 0.255 e. The first-order valence-corrected chi connectivity index (χ1v) is 9.86. The molecule has 0 spiro atoms. The number of benzene rings is 1. The van der Waals surface area contributed by atoms with Crippen molar-refractivity contribution in [1.82, 2.24) is 25.0 Å². The predicted octanol–water partition coefficient (Wildman–Crippen LogP) is 2.70. The van der Waals surface area contributed by atoms with Crippen LogP contribution in [0.3, 0.4) is 0 Å². The highest BCUT2D eigenvalue weighted by Gasteiger charge is 2.45. The maximum atomic E-state index is 13.9. The molecule has 2 aromatic heterocycles. The molecule has 3 aromatic rings. The standard InChI is InChI=1S/C21H22FN5O2/c1-3-26-9-14-7-13(26)10-27(14)21(29)15-8-17(12-4-5-18(28)16(22)6-12)23-20-19(15)11(2)24-25-20/h4-6,8,13-14,28H,3,7,9-10H2,1-2H3,(H,23,24,25). The molecule has 2 unspecified atom stereocenters. The van der Waals surface area contributed by atoms with Gasteiger partial charge in [-0.2, -0.15) is 5.10 Å². The first kappa shape index (κ1) is 18.1. The van der Waals surface area contributed by atoms with Gasteiger partial charge in [-0.1, -0.05) is 6.92 Å². The van der Waals surface area contributed by atoms with Crippen LogP contribution in [0.5, 0.6) is 5.75 Å². The number of aromatic nitrogens is 3. The number of likely N-dealkylation sites (N-methyl/N-ethyl adjacent to an activating group) is 1. The Morgan fingerprint density at radius 1 is 1.31 bits per heavy atom. The van der Waals surface area contributed by atoms with Crippen molar-refractivity contribution in [2.75, 3.05) is 19.6 Å². The van der Waals surface area contributed by atoms with Gasteiger partial charge in [0, 0.05) is 36.4 Å². The number of phenols is 1. The molecule has 4 heterocycles. The van der Waals surface area contributed by atoms with Gasteiger partial charge in [0.05, 0.1) is 16.6 Å². The zero-order chi connectivity index (χ0) is 20.3. The second kappa shape index (κ2) is 6.52. The van der Waals surface area contributed by atoms with Crippen LogP contribution >= 0.6 is 0 Å². The van der Waals surface area contributed by atoms with Gasteiger partial charge in [0.25, 0.3) is 5.91 Å².